The monoisotopic (exact) mass is 402 g/mol. The van der Waals surface area contributed by atoms with Gasteiger partial charge in [-0.2, -0.15) is 0 Å². The van der Waals surface area contributed by atoms with E-state index in [9.17, 15) is 4.79 Å². The Hall–Kier alpha value is -3.41. The van der Waals surface area contributed by atoms with Gasteiger partial charge >= 0.3 is 0 Å². The van der Waals surface area contributed by atoms with Gasteiger partial charge in [0.2, 0.25) is 5.91 Å². The standard InChI is InChI=1S/C24H26N4O2/c1-2-30-21-10-8-19(9-11-21)18-23(29)28-16-14-27(15-17-28)22-12-13-25-24(26-22)20-6-4-3-5-7-20/h3-13H,2,14-18H2,1H3. The molecule has 0 N–H and O–H groups in total. The maximum absolute atomic E-state index is 12.7. The van der Waals surface area contributed by atoms with Crippen LogP contribution >= 0.6 is 0 Å². The molecule has 1 aliphatic heterocycles. The molecule has 0 saturated carbocycles. The van der Waals surface area contributed by atoms with Gasteiger partial charge < -0.3 is 14.5 Å². The first-order valence-corrected chi connectivity index (χ1v) is 10.4. The molecule has 3 aromatic rings. The van der Waals surface area contributed by atoms with E-state index >= 15 is 0 Å². The number of benzene rings is 2. The molecule has 0 spiro atoms. The molecule has 0 bridgehead atoms. The molecule has 1 aromatic heterocycles. The molecule has 1 fully saturated rings. The lowest BCUT2D eigenvalue weighted by molar-refractivity contribution is -0.130. The molecule has 0 radical (unpaired) electrons. The Morgan fingerprint density at radius 1 is 0.967 bits per heavy atom. The minimum absolute atomic E-state index is 0.159. The number of rotatable bonds is 6. The van der Waals surface area contributed by atoms with E-state index in [1.165, 1.54) is 0 Å². The van der Waals surface area contributed by atoms with Crippen molar-refractivity contribution in [1.82, 2.24) is 14.9 Å². The number of nitrogens with zero attached hydrogens (tertiary/aromatic N) is 4. The molecule has 1 aliphatic rings. The smallest absolute Gasteiger partial charge is 0.227 e. The summed E-state index contributed by atoms with van der Waals surface area (Å²) in [5.74, 6) is 2.62. The zero-order valence-corrected chi connectivity index (χ0v) is 17.2. The number of carbonyl (C=O) groups excluding carboxylic acids is 1. The maximum Gasteiger partial charge on any atom is 0.227 e. The van der Waals surface area contributed by atoms with Crippen molar-refractivity contribution in [3.8, 4) is 17.1 Å². The molecule has 0 unspecified atom stereocenters. The largest absolute Gasteiger partial charge is 0.494 e. The summed E-state index contributed by atoms with van der Waals surface area (Å²) in [6.45, 7) is 5.52. The topological polar surface area (TPSA) is 58.6 Å². The van der Waals surface area contributed by atoms with E-state index in [2.05, 4.69) is 9.88 Å². The summed E-state index contributed by atoms with van der Waals surface area (Å²) in [5, 5.41) is 0. The molecular weight excluding hydrogens is 376 g/mol. The van der Waals surface area contributed by atoms with Gasteiger partial charge in [0.05, 0.1) is 13.0 Å². The van der Waals surface area contributed by atoms with Crippen LogP contribution in [0.15, 0.2) is 66.9 Å². The van der Waals surface area contributed by atoms with Crippen molar-refractivity contribution in [2.75, 3.05) is 37.7 Å². The van der Waals surface area contributed by atoms with Crippen LogP contribution < -0.4 is 9.64 Å². The van der Waals surface area contributed by atoms with E-state index in [-0.39, 0.29) is 5.91 Å². The first-order chi connectivity index (χ1) is 14.7. The molecule has 154 valence electrons. The van der Waals surface area contributed by atoms with Crippen molar-refractivity contribution in [3.63, 3.8) is 0 Å². The summed E-state index contributed by atoms with van der Waals surface area (Å²) in [6, 6.07) is 19.7. The first kappa shape index (κ1) is 19.9. The van der Waals surface area contributed by atoms with Crippen LogP contribution in [0.1, 0.15) is 12.5 Å². The molecule has 6 heteroatoms. The summed E-state index contributed by atoms with van der Waals surface area (Å²) in [6.07, 6.45) is 2.21. The molecule has 6 nitrogen and oxygen atoms in total. The Morgan fingerprint density at radius 2 is 1.70 bits per heavy atom. The van der Waals surface area contributed by atoms with Crippen molar-refractivity contribution in [2.24, 2.45) is 0 Å². The van der Waals surface area contributed by atoms with Gasteiger partial charge in [0, 0.05) is 37.9 Å². The minimum Gasteiger partial charge on any atom is -0.494 e. The highest BCUT2D eigenvalue weighted by molar-refractivity contribution is 5.79. The highest BCUT2D eigenvalue weighted by Crippen LogP contribution is 2.20. The second-order valence-corrected chi connectivity index (χ2v) is 7.23. The lowest BCUT2D eigenvalue weighted by Crippen LogP contribution is -2.49. The second-order valence-electron chi connectivity index (χ2n) is 7.23. The summed E-state index contributed by atoms with van der Waals surface area (Å²) in [4.78, 5) is 26.0. The Bertz CT molecular complexity index is 968. The average molecular weight is 402 g/mol. The van der Waals surface area contributed by atoms with Gasteiger partial charge in [-0.15, -0.1) is 0 Å². The third kappa shape index (κ3) is 4.76. The minimum atomic E-state index is 0.159. The fourth-order valence-corrected chi connectivity index (χ4v) is 3.59. The fraction of sp³-hybridized carbons (Fsp3) is 0.292. The van der Waals surface area contributed by atoms with Crippen molar-refractivity contribution in [1.29, 1.82) is 0 Å². The van der Waals surface area contributed by atoms with Gasteiger partial charge in [-0.1, -0.05) is 42.5 Å². The van der Waals surface area contributed by atoms with Gasteiger partial charge in [-0.25, -0.2) is 9.97 Å². The zero-order valence-electron chi connectivity index (χ0n) is 17.2. The predicted octanol–water partition coefficient (Wildman–Crippen LogP) is 3.43. The second kappa shape index (κ2) is 9.39. The number of ether oxygens (including phenoxy) is 1. The van der Waals surface area contributed by atoms with Crippen LogP contribution in [0.4, 0.5) is 5.82 Å². The highest BCUT2D eigenvalue weighted by atomic mass is 16.5. The van der Waals surface area contributed by atoms with E-state index in [0.29, 0.717) is 26.1 Å². The number of anilines is 1. The zero-order chi connectivity index (χ0) is 20.8. The number of carbonyl (C=O) groups is 1. The molecule has 4 rings (SSSR count). The lowest BCUT2D eigenvalue weighted by Gasteiger charge is -2.35. The van der Waals surface area contributed by atoms with Gasteiger partial charge in [0.15, 0.2) is 5.82 Å². The van der Waals surface area contributed by atoms with Crippen LogP contribution in [0.25, 0.3) is 11.4 Å². The SMILES string of the molecule is CCOc1ccc(CC(=O)N2CCN(c3ccnc(-c4ccccc4)n3)CC2)cc1. The van der Waals surface area contributed by atoms with Crippen LogP contribution in [-0.2, 0) is 11.2 Å². The molecule has 0 aliphatic carbocycles. The van der Waals surface area contributed by atoms with E-state index < -0.39 is 0 Å². The van der Waals surface area contributed by atoms with E-state index in [4.69, 9.17) is 9.72 Å². The fourth-order valence-electron chi connectivity index (χ4n) is 3.59. The van der Waals surface area contributed by atoms with Crippen molar-refractivity contribution < 1.29 is 9.53 Å². The summed E-state index contributed by atoms with van der Waals surface area (Å²) in [7, 11) is 0. The lowest BCUT2D eigenvalue weighted by atomic mass is 10.1. The number of piperazine rings is 1. The van der Waals surface area contributed by atoms with Crippen LogP contribution in [0, 0.1) is 0 Å². The average Bonchev–Trinajstić information content (AvgIpc) is 2.81. The third-order valence-corrected chi connectivity index (χ3v) is 5.22. The summed E-state index contributed by atoms with van der Waals surface area (Å²) in [5.41, 5.74) is 2.01. The third-order valence-electron chi connectivity index (χ3n) is 5.22. The Kier molecular flexibility index (Phi) is 6.23. The molecule has 1 amide bonds. The van der Waals surface area contributed by atoms with Gasteiger partial charge in [0.25, 0.3) is 0 Å². The van der Waals surface area contributed by atoms with Crippen LogP contribution in [0.2, 0.25) is 0 Å². The Balaban J connectivity index is 1.34. The summed E-state index contributed by atoms with van der Waals surface area (Å²) >= 11 is 0. The quantitative estimate of drug-likeness (QED) is 0.632. The molecule has 2 aromatic carbocycles. The molecule has 1 saturated heterocycles. The normalized spacial score (nSPS) is 13.9. The number of aromatic nitrogens is 2. The van der Waals surface area contributed by atoms with E-state index in [0.717, 1.165) is 41.6 Å². The molecular formula is C24H26N4O2. The molecule has 2 heterocycles. The Morgan fingerprint density at radius 3 is 2.40 bits per heavy atom. The summed E-state index contributed by atoms with van der Waals surface area (Å²) < 4.78 is 5.46. The highest BCUT2D eigenvalue weighted by Gasteiger charge is 2.22. The van der Waals surface area contributed by atoms with Crippen molar-refractivity contribution in [3.05, 3.63) is 72.4 Å². The number of hydrogen-bond donors (Lipinski definition) is 0. The number of amides is 1. The van der Waals surface area contributed by atoms with Crippen LogP contribution in [-0.4, -0.2) is 53.6 Å². The van der Waals surface area contributed by atoms with Crippen molar-refractivity contribution in [2.45, 2.75) is 13.3 Å². The van der Waals surface area contributed by atoms with Gasteiger partial charge in [0.1, 0.15) is 11.6 Å². The van der Waals surface area contributed by atoms with E-state index in [1.54, 1.807) is 6.20 Å². The number of hydrogen-bond acceptors (Lipinski definition) is 5. The Labute approximate surface area is 177 Å². The molecule has 30 heavy (non-hydrogen) atoms. The van der Waals surface area contributed by atoms with Gasteiger partial charge in [-0.05, 0) is 30.7 Å². The predicted molar refractivity (Wildman–Crippen MR) is 118 cm³/mol. The molecule has 0 atom stereocenters. The van der Waals surface area contributed by atoms with Gasteiger partial charge in [-0.3, -0.25) is 4.79 Å². The van der Waals surface area contributed by atoms with E-state index in [1.807, 2.05) is 72.5 Å². The first-order valence-electron chi connectivity index (χ1n) is 10.4. The van der Waals surface area contributed by atoms with Crippen LogP contribution in [0.3, 0.4) is 0 Å². The maximum atomic E-state index is 12.7. The van der Waals surface area contributed by atoms with Crippen LogP contribution in [0.5, 0.6) is 5.75 Å². The van der Waals surface area contributed by atoms with Crippen molar-refractivity contribution >= 4 is 11.7 Å².